The smallest absolute Gasteiger partial charge is 0.235 e. The third kappa shape index (κ3) is 0.892. The lowest BCUT2D eigenvalue weighted by atomic mass is 10.3. The van der Waals surface area contributed by atoms with E-state index in [1.165, 1.54) is 0 Å². The number of nitrogens with one attached hydrogen (secondary N) is 2. The summed E-state index contributed by atoms with van der Waals surface area (Å²) in [4.78, 5) is 13.0. The molecule has 56 valence electrons. The molecule has 0 bridgehead atoms. The maximum Gasteiger partial charge on any atom is 0.235 e. The molecule has 0 aromatic rings. The maximum atomic E-state index is 10.8. The topological polar surface area (TPSA) is 44.4 Å². The summed E-state index contributed by atoms with van der Waals surface area (Å²) in [7, 11) is 0. The van der Waals surface area contributed by atoms with Crippen molar-refractivity contribution in [1.82, 2.24) is 15.5 Å². The van der Waals surface area contributed by atoms with Crippen LogP contribution in [0.4, 0.5) is 0 Å². The normalized spacial score (nSPS) is 33.6. The van der Waals surface area contributed by atoms with Crippen LogP contribution in [0.15, 0.2) is 0 Å². The predicted octanol–water partition coefficient (Wildman–Crippen LogP) is -1.65. The summed E-state index contributed by atoms with van der Waals surface area (Å²) in [5.41, 5.74) is 0. The van der Waals surface area contributed by atoms with Crippen molar-refractivity contribution < 1.29 is 4.79 Å². The monoisotopic (exact) mass is 141 g/mol. The zero-order valence-corrected chi connectivity index (χ0v) is 5.76. The molecule has 2 N–H and O–H groups in total. The summed E-state index contributed by atoms with van der Waals surface area (Å²) in [5, 5.41) is 6.10. The molecule has 0 aromatic carbocycles. The Bertz CT molecular complexity index is 143. The Labute approximate surface area is 59.6 Å². The first-order valence-electron chi connectivity index (χ1n) is 3.60. The quantitative estimate of drug-likeness (QED) is 0.425. The minimum Gasteiger partial charge on any atom is -0.338 e. The van der Waals surface area contributed by atoms with Crippen molar-refractivity contribution in [3.8, 4) is 0 Å². The van der Waals surface area contributed by atoms with Crippen LogP contribution in [-0.2, 0) is 4.79 Å². The number of hydrogen-bond donors (Lipinski definition) is 2. The van der Waals surface area contributed by atoms with E-state index in [-0.39, 0.29) is 12.1 Å². The summed E-state index contributed by atoms with van der Waals surface area (Å²) in [6.07, 6.45) is 0.265. The second-order valence-electron chi connectivity index (χ2n) is 2.76. The van der Waals surface area contributed by atoms with Crippen LogP contribution in [0.25, 0.3) is 0 Å². The molecule has 4 heteroatoms. The van der Waals surface area contributed by atoms with E-state index in [1.807, 2.05) is 0 Å². The average molecular weight is 141 g/mol. The van der Waals surface area contributed by atoms with E-state index in [1.54, 1.807) is 0 Å². The van der Waals surface area contributed by atoms with Crippen LogP contribution < -0.4 is 10.6 Å². The summed E-state index contributed by atoms with van der Waals surface area (Å²) in [6.45, 7) is 3.48. The first-order valence-corrected chi connectivity index (χ1v) is 3.60. The number of carbonyl (C=O) groups is 1. The van der Waals surface area contributed by atoms with Gasteiger partial charge >= 0.3 is 0 Å². The average Bonchev–Trinajstić information content (AvgIpc) is 2.27. The molecule has 2 fully saturated rings. The molecule has 4 nitrogen and oxygen atoms in total. The molecule has 1 atom stereocenters. The summed E-state index contributed by atoms with van der Waals surface area (Å²) in [6, 6.07) is 0. The second-order valence-corrected chi connectivity index (χ2v) is 2.76. The molecule has 2 aliphatic heterocycles. The molecule has 0 aromatic heterocycles. The number of piperazine rings is 1. The molecule has 10 heavy (non-hydrogen) atoms. The van der Waals surface area contributed by atoms with Gasteiger partial charge in [-0.2, -0.15) is 0 Å². The van der Waals surface area contributed by atoms with Gasteiger partial charge in [0.1, 0.15) is 0 Å². The van der Waals surface area contributed by atoms with Gasteiger partial charge in [-0.1, -0.05) is 0 Å². The highest BCUT2D eigenvalue weighted by Gasteiger charge is 2.30. The van der Waals surface area contributed by atoms with Gasteiger partial charge in [0.05, 0.1) is 12.7 Å². The van der Waals surface area contributed by atoms with Crippen LogP contribution in [0.3, 0.4) is 0 Å². The van der Waals surface area contributed by atoms with Gasteiger partial charge in [0.2, 0.25) is 5.91 Å². The molecule has 2 aliphatic rings. The lowest BCUT2D eigenvalue weighted by Gasteiger charge is -2.28. The fraction of sp³-hybridized carbons (Fsp3) is 0.833. The zero-order valence-electron chi connectivity index (χ0n) is 5.76. The van der Waals surface area contributed by atoms with E-state index >= 15 is 0 Å². The largest absolute Gasteiger partial charge is 0.338 e. The molecule has 2 saturated heterocycles. The van der Waals surface area contributed by atoms with Gasteiger partial charge in [0.25, 0.3) is 0 Å². The minimum absolute atomic E-state index is 0.161. The number of rotatable bonds is 0. The van der Waals surface area contributed by atoms with E-state index in [4.69, 9.17) is 0 Å². The molecule has 1 unspecified atom stereocenters. The van der Waals surface area contributed by atoms with Crippen LogP contribution in [0, 0.1) is 0 Å². The van der Waals surface area contributed by atoms with Gasteiger partial charge < -0.3 is 10.6 Å². The number of amides is 1. The van der Waals surface area contributed by atoms with Crippen molar-refractivity contribution >= 4 is 5.91 Å². The molecule has 0 spiro atoms. The molecular formula is C6H11N3O. The lowest BCUT2D eigenvalue weighted by molar-refractivity contribution is -0.118. The van der Waals surface area contributed by atoms with E-state index < -0.39 is 0 Å². The Kier molecular flexibility index (Phi) is 1.35. The van der Waals surface area contributed by atoms with Crippen LogP contribution >= 0.6 is 0 Å². The van der Waals surface area contributed by atoms with Gasteiger partial charge in [-0.05, 0) is 0 Å². The number of carbonyl (C=O) groups excluding carboxylic acids is 1. The molecule has 2 heterocycles. The van der Waals surface area contributed by atoms with Crippen molar-refractivity contribution in [2.75, 3.05) is 26.2 Å². The van der Waals surface area contributed by atoms with Gasteiger partial charge in [-0.15, -0.1) is 0 Å². The minimum atomic E-state index is 0.161. The highest BCUT2D eigenvalue weighted by Crippen LogP contribution is 2.04. The highest BCUT2D eigenvalue weighted by molar-refractivity contribution is 5.80. The SMILES string of the molecule is O=C1CN2CCNCC2N1. The van der Waals surface area contributed by atoms with Gasteiger partial charge in [-0.3, -0.25) is 9.69 Å². The van der Waals surface area contributed by atoms with Crippen molar-refractivity contribution in [2.45, 2.75) is 6.17 Å². The van der Waals surface area contributed by atoms with Crippen LogP contribution in [0.5, 0.6) is 0 Å². The Morgan fingerprint density at radius 2 is 2.50 bits per heavy atom. The molecule has 0 saturated carbocycles. The van der Waals surface area contributed by atoms with E-state index in [0.717, 1.165) is 19.6 Å². The third-order valence-corrected chi connectivity index (χ3v) is 2.03. The molecule has 1 amide bonds. The molecule has 2 rings (SSSR count). The van der Waals surface area contributed by atoms with Gasteiger partial charge in [-0.25, -0.2) is 0 Å². The van der Waals surface area contributed by atoms with Gasteiger partial charge in [0.15, 0.2) is 0 Å². The van der Waals surface area contributed by atoms with Gasteiger partial charge in [0, 0.05) is 19.6 Å². The molecular weight excluding hydrogens is 130 g/mol. The predicted molar refractivity (Wildman–Crippen MR) is 36.4 cm³/mol. The molecule has 0 aliphatic carbocycles. The summed E-state index contributed by atoms with van der Waals surface area (Å²) in [5.74, 6) is 0.161. The highest BCUT2D eigenvalue weighted by atomic mass is 16.2. The zero-order chi connectivity index (χ0) is 6.97. The maximum absolute atomic E-state index is 10.8. The second kappa shape index (κ2) is 2.21. The number of hydrogen-bond acceptors (Lipinski definition) is 3. The van der Waals surface area contributed by atoms with E-state index in [0.29, 0.717) is 6.54 Å². The number of nitrogens with zero attached hydrogens (tertiary/aromatic N) is 1. The van der Waals surface area contributed by atoms with Crippen molar-refractivity contribution in [3.05, 3.63) is 0 Å². The fourth-order valence-electron chi connectivity index (χ4n) is 1.49. The van der Waals surface area contributed by atoms with Crippen LogP contribution in [0.1, 0.15) is 0 Å². The Morgan fingerprint density at radius 1 is 1.60 bits per heavy atom. The lowest BCUT2D eigenvalue weighted by Crippen LogP contribution is -2.51. The summed E-state index contributed by atoms with van der Waals surface area (Å²) >= 11 is 0. The first kappa shape index (κ1) is 6.12. The van der Waals surface area contributed by atoms with E-state index in [2.05, 4.69) is 15.5 Å². The number of fused-ring (bicyclic) bond motifs is 1. The Balaban J connectivity index is 2.04. The molecule has 0 radical (unpaired) electrons. The fourth-order valence-corrected chi connectivity index (χ4v) is 1.49. The summed E-state index contributed by atoms with van der Waals surface area (Å²) < 4.78 is 0. The van der Waals surface area contributed by atoms with Crippen molar-refractivity contribution in [1.29, 1.82) is 0 Å². The van der Waals surface area contributed by atoms with Crippen LogP contribution in [-0.4, -0.2) is 43.2 Å². The standard InChI is InChI=1S/C6H11N3O/c10-6-4-9-2-1-7-3-5(9)8-6/h5,7H,1-4H2,(H,8,10). The Hall–Kier alpha value is -0.610. The van der Waals surface area contributed by atoms with E-state index in [9.17, 15) is 4.79 Å². The van der Waals surface area contributed by atoms with Crippen molar-refractivity contribution in [2.24, 2.45) is 0 Å². The first-order chi connectivity index (χ1) is 4.86. The van der Waals surface area contributed by atoms with Crippen LogP contribution in [0.2, 0.25) is 0 Å². The third-order valence-electron chi connectivity index (χ3n) is 2.03. The Morgan fingerprint density at radius 3 is 3.30 bits per heavy atom. The van der Waals surface area contributed by atoms with Crippen molar-refractivity contribution in [3.63, 3.8) is 0 Å².